The van der Waals surface area contributed by atoms with Gasteiger partial charge in [0.05, 0.1) is 11.8 Å². The van der Waals surface area contributed by atoms with Crippen LogP contribution in [0.5, 0.6) is 0 Å². The number of hydrogen-bond donors (Lipinski definition) is 3. The van der Waals surface area contributed by atoms with Gasteiger partial charge in [0.1, 0.15) is 0 Å². The molecule has 1 aliphatic heterocycles. The zero-order valence-corrected chi connectivity index (χ0v) is 8.86. The van der Waals surface area contributed by atoms with E-state index in [1.165, 1.54) is 7.05 Å². The summed E-state index contributed by atoms with van der Waals surface area (Å²) < 4.78 is 25.3. The largest absolute Gasteiger partial charge is 0.358 e. The number of rotatable bonds is 4. The van der Waals surface area contributed by atoms with Gasteiger partial charge in [-0.3, -0.25) is 4.79 Å². The molecule has 3 N–H and O–H groups in total. The van der Waals surface area contributed by atoms with Crippen LogP contribution in [-0.4, -0.2) is 46.3 Å². The van der Waals surface area contributed by atoms with Crippen molar-refractivity contribution in [3.8, 4) is 0 Å². The number of amides is 1. The number of carbonyl (C=O) groups excluding carboxylic acids is 1. The summed E-state index contributed by atoms with van der Waals surface area (Å²) in [7, 11) is -1.87. The predicted octanol–water partition coefficient (Wildman–Crippen LogP) is -1.99. The molecule has 1 heterocycles. The third-order valence-electron chi connectivity index (χ3n) is 2.17. The number of sulfonamides is 1. The first kappa shape index (κ1) is 11.4. The Morgan fingerprint density at radius 1 is 1.57 bits per heavy atom. The summed E-state index contributed by atoms with van der Waals surface area (Å²) in [4.78, 5) is 10.8. The van der Waals surface area contributed by atoms with E-state index in [9.17, 15) is 13.2 Å². The van der Waals surface area contributed by atoms with Crippen LogP contribution < -0.4 is 15.4 Å². The molecule has 1 aliphatic rings. The highest BCUT2D eigenvalue weighted by molar-refractivity contribution is 7.90. The molecule has 1 amide bonds. The molecule has 0 aromatic carbocycles. The quantitative estimate of drug-likeness (QED) is 0.513. The fourth-order valence-electron chi connectivity index (χ4n) is 1.27. The van der Waals surface area contributed by atoms with Gasteiger partial charge in [-0.15, -0.1) is 0 Å². The minimum Gasteiger partial charge on any atom is -0.358 e. The average molecular weight is 221 g/mol. The maximum Gasteiger partial charge on any atom is 0.234 e. The second kappa shape index (κ2) is 4.72. The van der Waals surface area contributed by atoms with Gasteiger partial charge in [-0.25, -0.2) is 13.1 Å². The molecule has 1 fully saturated rings. The summed E-state index contributed by atoms with van der Waals surface area (Å²) in [6.07, 6.45) is 0.600. The van der Waals surface area contributed by atoms with Crippen molar-refractivity contribution in [2.24, 2.45) is 0 Å². The molecule has 0 aliphatic carbocycles. The van der Waals surface area contributed by atoms with Crippen LogP contribution in [-0.2, 0) is 14.8 Å². The van der Waals surface area contributed by atoms with E-state index in [0.717, 1.165) is 0 Å². The lowest BCUT2D eigenvalue weighted by molar-refractivity contribution is -0.119. The monoisotopic (exact) mass is 221 g/mol. The Morgan fingerprint density at radius 3 is 2.79 bits per heavy atom. The van der Waals surface area contributed by atoms with Crippen molar-refractivity contribution in [2.75, 3.05) is 26.7 Å². The van der Waals surface area contributed by atoms with E-state index < -0.39 is 15.3 Å². The summed E-state index contributed by atoms with van der Waals surface area (Å²) >= 11 is 0. The van der Waals surface area contributed by atoms with E-state index in [-0.39, 0.29) is 12.5 Å². The maximum absolute atomic E-state index is 11.5. The van der Waals surface area contributed by atoms with Gasteiger partial charge in [-0.2, -0.15) is 0 Å². The lowest BCUT2D eigenvalue weighted by atomic mass is 10.4. The summed E-state index contributed by atoms with van der Waals surface area (Å²) in [6.45, 7) is 0.990. The Bertz CT molecular complexity index is 295. The molecule has 1 rings (SSSR count). The van der Waals surface area contributed by atoms with Gasteiger partial charge in [0, 0.05) is 13.6 Å². The van der Waals surface area contributed by atoms with Gasteiger partial charge in [0.15, 0.2) is 0 Å². The second-order valence-corrected chi connectivity index (χ2v) is 5.20. The van der Waals surface area contributed by atoms with Crippen LogP contribution in [0.1, 0.15) is 6.42 Å². The predicted molar refractivity (Wildman–Crippen MR) is 52.3 cm³/mol. The Labute approximate surface area is 83.5 Å². The zero-order chi connectivity index (χ0) is 10.6. The van der Waals surface area contributed by atoms with Gasteiger partial charge < -0.3 is 10.6 Å². The highest BCUT2D eigenvalue weighted by Gasteiger charge is 2.28. The van der Waals surface area contributed by atoms with Gasteiger partial charge in [0.2, 0.25) is 15.9 Å². The molecule has 0 radical (unpaired) electrons. The van der Waals surface area contributed by atoms with Crippen molar-refractivity contribution in [2.45, 2.75) is 11.7 Å². The number of nitrogens with one attached hydrogen (secondary N) is 3. The molecule has 14 heavy (non-hydrogen) atoms. The second-order valence-electron chi connectivity index (χ2n) is 3.15. The molecule has 7 heteroatoms. The topological polar surface area (TPSA) is 87.3 Å². The first-order valence-corrected chi connectivity index (χ1v) is 6.00. The SMILES string of the molecule is CNC(=O)CNS(=O)(=O)C1CCNC1. The lowest BCUT2D eigenvalue weighted by Crippen LogP contribution is -2.41. The Kier molecular flexibility index (Phi) is 3.85. The lowest BCUT2D eigenvalue weighted by Gasteiger charge is -2.10. The van der Waals surface area contributed by atoms with Crippen molar-refractivity contribution in [3.63, 3.8) is 0 Å². The fraction of sp³-hybridized carbons (Fsp3) is 0.857. The van der Waals surface area contributed by atoms with Crippen LogP contribution in [0.3, 0.4) is 0 Å². The van der Waals surface area contributed by atoms with E-state index in [4.69, 9.17) is 0 Å². The van der Waals surface area contributed by atoms with Gasteiger partial charge in [-0.05, 0) is 13.0 Å². The maximum atomic E-state index is 11.5. The molecule has 0 spiro atoms. The molecule has 0 aromatic rings. The van der Waals surface area contributed by atoms with E-state index >= 15 is 0 Å². The highest BCUT2D eigenvalue weighted by atomic mass is 32.2. The summed E-state index contributed by atoms with van der Waals surface area (Å²) in [5.74, 6) is -0.334. The normalized spacial score (nSPS) is 22.2. The van der Waals surface area contributed by atoms with Crippen LogP contribution >= 0.6 is 0 Å². The van der Waals surface area contributed by atoms with E-state index in [2.05, 4.69) is 15.4 Å². The molecule has 82 valence electrons. The van der Waals surface area contributed by atoms with E-state index in [1.807, 2.05) is 0 Å². The van der Waals surface area contributed by atoms with Crippen molar-refractivity contribution in [1.82, 2.24) is 15.4 Å². The van der Waals surface area contributed by atoms with Crippen molar-refractivity contribution >= 4 is 15.9 Å². The Balaban J connectivity index is 2.45. The van der Waals surface area contributed by atoms with Crippen LogP contribution in [0, 0.1) is 0 Å². The molecule has 1 atom stereocenters. The Morgan fingerprint density at radius 2 is 2.29 bits per heavy atom. The smallest absolute Gasteiger partial charge is 0.234 e. The Hall–Kier alpha value is -0.660. The third kappa shape index (κ3) is 2.93. The average Bonchev–Trinajstić information content (AvgIpc) is 2.67. The summed E-state index contributed by atoms with van der Waals surface area (Å²) in [6, 6.07) is 0. The van der Waals surface area contributed by atoms with Crippen LogP contribution in [0.15, 0.2) is 0 Å². The minimum absolute atomic E-state index is 0.185. The first-order valence-electron chi connectivity index (χ1n) is 4.46. The van der Waals surface area contributed by atoms with Crippen molar-refractivity contribution in [3.05, 3.63) is 0 Å². The molecule has 6 nitrogen and oxygen atoms in total. The van der Waals surface area contributed by atoms with Gasteiger partial charge in [-0.1, -0.05) is 0 Å². The molecule has 0 aromatic heterocycles. The number of likely N-dealkylation sites (N-methyl/N-ethyl adjacent to an activating group) is 1. The highest BCUT2D eigenvalue weighted by Crippen LogP contribution is 2.07. The molecule has 0 saturated carbocycles. The third-order valence-corrected chi connectivity index (χ3v) is 3.99. The van der Waals surface area contributed by atoms with Crippen molar-refractivity contribution in [1.29, 1.82) is 0 Å². The fourth-order valence-corrected chi connectivity index (χ4v) is 2.60. The first-order chi connectivity index (χ1) is 6.56. The van der Waals surface area contributed by atoms with E-state index in [1.54, 1.807) is 0 Å². The molecular formula is C7H15N3O3S. The molecule has 0 bridgehead atoms. The number of hydrogen-bond acceptors (Lipinski definition) is 4. The van der Waals surface area contributed by atoms with E-state index in [0.29, 0.717) is 19.5 Å². The van der Waals surface area contributed by atoms with Crippen LogP contribution in [0.4, 0.5) is 0 Å². The molecular weight excluding hydrogens is 206 g/mol. The number of carbonyl (C=O) groups is 1. The van der Waals surface area contributed by atoms with Crippen LogP contribution in [0.25, 0.3) is 0 Å². The van der Waals surface area contributed by atoms with Gasteiger partial charge in [0.25, 0.3) is 0 Å². The standard InChI is InChI=1S/C7H15N3O3S/c1-8-7(11)5-10-14(12,13)6-2-3-9-4-6/h6,9-10H,2-5H2,1H3,(H,8,11). The van der Waals surface area contributed by atoms with Crippen LogP contribution in [0.2, 0.25) is 0 Å². The minimum atomic E-state index is -3.34. The van der Waals surface area contributed by atoms with Gasteiger partial charge >= 0.3 is 0 Å². The van der Waals surface area contributed by atoms with Crippen molar-refractivity contribution < 1.29 is 13.2 Å². The summed E-state index contributed by atoms with van der Waals surface area (Å²) in [5.41, 5.74) is 0. The molecule has 1 saturated heterocycles. The zero-order valence-electron chi connectivity index (χ0n) is 8.04. The summed E-state index contributed by atoms with van der Waals surface area (Å²) in [5, 5.41) is 4.90. The molecule has 1 unspecified atom stereocenters.